The Morgan fingerprint density at radius 2 is 1.79 bits per heavy atom. The highest BCUT2D eigenvalue weighted by atomic mass is 19.1. The highest BCUT2D eigenvalue weighted by molar-refractivity contribution is 6.09. The van der Waals surface area contributed by atoms with Crippen molar-refractivity contribution in [2.45, 2.75) is 46.1 Å². The zero-order chi connectivity index (χ0) is 24.3. The summed E-state index contributed by atoms with van der Waals surface area (Å²) in [5.74, 6) is -3.13. The van der Waals surface area contributed by atoms with Crippen LogP contribution in [-0.4, -0.2) is 20.3 Å². The van der Waals surface area contributed by atoms with Gasteiger partial charge in [0, 0.05) is 17.5 Å². The van der Waals surface area contributed by atoms with Gasteiger partial charge in [0.05, 0.1) is 12.6 Å². The van der Waals surface area contributed by atoms with Crippen LogP contribution in [0.15, 0.2) is 39.9 Å². The van der Waals surface area contributed by atoms with Crippen LogP contribution in [0.1, 0.15) is 64.5 Å². The molecule has 33 heavy (non-hydrogen) atoms. The zero-order valence-corrected chi connectivity index (χ0v) is 18.4. The Hall–Kier alpha value is -3.93. The maximum Gasteiger partial charge on any atom is 0.329 e. The van der Waals surface area contributed by atoms with Gasteiger partial charge in [0.1, 0.15) is 5.69 Å². The van der Waals surface area contributed by atoms with Gasteiger partial charge in [-0.2, -0.15) is 19.0 Å². The predicted molar refractivity (Wildman–Crippen MR) is 117 cm³/mol. The Labute approximate surface area is 188 Å². The number of hydrogen-bond acceptors (Lipinski definition) is 5. The van der Waals surface area contributed by atoms with E-state index in [4.69, 9.17) is 5.26 Å². The van der Waals surface area contributed by atoms with E-state index in [2.05, 4.69) is 16.0 Å². The summed E-state index contributed by atoms with van der Waals surface area (Å²) < 4.78 is 28.3. The molecule has 7 nitrogen and oxygen atoms in total. The fourth-order valence-electron chi connectivity index (χ4n) is 3.78. The van der Waals surface area contributed by atoms with Gasteiger partial charge in [-0.15, -0.1) is 0 Å². The fourth-order valence-corrected chi connectivity index (χ4v) is 3.78. The van der Waals surface area contributed by atoms with E-state index in [1.54, 1.807) is 32.9 Å². The Morgan fingerprint density at radius 1 is 1.12 bits per heavy atom. The second kappa shape index (κ2) is 9.69. The van der Waals surface area contributed by atoms with E-state index in [1.807, 2.05) is 6.07 Å². The van der Waals surface area contributed by atoms with Crippen molar-refractivity contribution in [1.82, 2.24) is 14.5 Å². The van der Waals surface area contributed by atoms with E-state index < -0.39 is 34.8 Å². The Morgan fingerprint density at radius 3 is 2.39 bits per heavy atom. The Balaban J connectivity index is 2.24. The minimum atomic E-state index is -1.07. The van der Waals surface area contributed by atoms with Gasteiger partial charge in [-0.05, 0) is 54.7 Å². The molecule has 0 fully saturated rings. The standard InChI is InChI=1S/C24H22F2N4O3/c1-13(2)20-21(22(31)17-8-14(3)7-15(9-17)5-4-6-27)30(24(33)29-23(20)32)12-16-10-18(25)28-19(26)11-16/h7-11,13H,4-5,12H2,1-3H3,(H,29,32,33). The topological polar surface area (TPSA) is 109 Å². The Bertz CT molecular complexity index is 1360. The molecule has 1 aromatic carbocycles. The number of rotatable bonds is 7. The number of carbonyl (C=O) groups is 1. The maximum atomic E-state index is 13.7. The molecule has 0 spiro atoms. The van der Waals surface area contributed by atoms with Crippen LogP contribution in [-0.2, 0) is 13.0 Å². The number of aromatic amines is 1. The number of pyridine rings is 1. The molecule has 0 amide bonds. The summed E-state index contributed by atoms with van der Waals surface area (Å²) in [5.41, 5.74) is 0.233. The van der Waals surface area contributed by atoms with Crippen molar-refractivity contribution in [3.8, 4) is 6.07 Å². The van der Waals surface area contributed by atoms with Crippen molar-refractivity contribution >= 4 is 5.78 Å². The molecule has 2 heterocycles. The highest BCUT2D eigenvalue weighted by Gasteiger charge is 2.25. The van der Waals surface area contributed by atoms with Gasteiger partial charge in [0.15, 0.2) is 0 Å². The molecule has 0 aliphatic carbocycles. The number of nitrogens with zero attached hydrogens (tertiary/aromatic N) is 3. The predicted octanol–water partition coefficient (Wildman–Crippen LogP) is 3.38. The summed E-state index contributed by atoms with van der Waals surface area (Å²) in [6.07, 6.45) is 0.705. The van der Waals surface area contributed by atoms with E-state index in [-0.39, 0.29) is 35.3 Å². The highest BCUT2D eigenvalue weighted by Crippen LogP contribution is 2.21. The summed E-state index contributed by atoms with van der Waals surface area (Å²) in [4.78, 5) is 44.3. The van der Waals surface area contributed by atoms with Crippen LogP contribution in [0.2, 0.25) is 0 Å². The molecule has 0 radical (unpaired) electrons. The number of ketones is 1. The number of halogens is 2. The van der Waals surface area contributed by atoms with E-state index in [1.165, 1.54) is 0 Å². The van der Waals surface area contributed by atoms with Gasteiger partial charge in [-0.1, -0.05) is 25.5 Å². The van der Waals surface area contributed by atoms with Crippen molar-refractivity contribution < 1.29 is 13.6 Å². The van der Waals surface area contributed by atoms with E-state index in [0.717, 1.165) is 27.8 Å². The molecule has 0 saturated carbocycles. The lowest BCUT2D eigenvalue weighted by Gasteiger charge is -2.18. The first-order valence-corrected chi connectivity index (χ1v) is 10.3. The quantitative estimate of drug-likeness (QED) is 0.437. The molecular formula is C24H22F2N4O3. The lowest BCUT2D eigenvalue weighted by atomic mass is 9.94. The van der Waals surface area contributed by atoms with Gasteiger partial charge in [0.25, 0.3) is 5.56 Å². The van der Waals surface area contributed by atoms with Crippen LogP contribution in [0.5, 0.6) is 0 Å². The average molecular weight is 452 g/mol. The van der Waals surface area contributed by atoms with Crippen molar-refractivity contribution in [2.24, 2.45) is 0 Å². The third kappa shape index (κ3) is 5.29. The van der Waals surface area contributed by atoms with Crippen LogP contribution in [0.3, 0.4) is 0 Å². The van der Waals surface area contributed by atoms with Crippen molar-refractivity contribution in [3.63, 3.8) is 0 Å². The first-order chi connectivity index (χ1) is 15.6. The minimum absolute atomic E-state index is 0.0665. The third-order valence-electron chi connectivity index (χ3n) is 5.12. The van der Waals surface area contributed by atoms with Gasteiger partial charge >= 0.3 is 5.69 Å². The molecule has 0 aliphatic heterocycles. The van der Waals surface area contributed by atoms with Gasteiger partial charge in [-0.25, -0.2) is 4.79 Å². The van der Waals surface area contributed by atoms with Gasteiger partial charge in [0.2, 0.25) is 17.7 Å². The summed E-state index contributed by atoms with van der Waals surface area (Å²) in [6.45, 7) is 4.86. The zero-order valence-electron chi connectivity index (χ0n) is 18.4. The second-order valence-corrected chi connectivity index (χ2v) is 8.08. The molecule has 2 aromatic heterocycles. The number of H-pyrrole nitrogens is 1. The van der Waals surface area contributed by atoms with Gasteiger partial charge in [-0.3, -0.25) is 19.1 Å². The molecule has 9 heteroatoms. The van der Waals surface area contributed by atoms with Crippen LogP contribution in [0.25, 0.3) is 0 Å². The molecule has 0 saturated heterocycles. The van der Waals surface area contributed by atoms with Crippen LogP contribution >= 0.6 is 0 Å². The second-order valence-electron chi connectivity index (χ2n) is 8.08. The lowest BCUT2D eigenvalue weighted by molar-refractivity contribution is 0.102. The number of aromatic nitrogens is 3. The summed E-state index contributed by atoms with van der Waals surface area (Å²) in [6, 6.07) is 9.07. The normalized spacial score (nSPS) is 10.9. The molecule has 0 bridgehead atoms. The molecule has 0 atom stereocenters. The summed E-state index contributed by atoms with van der Waals surface area (Å²) in [7, 11) is 0. The SMILES string of the molecule is Cc1cc(CCC#N)cc(C(=O)c2c(C(C)C)c(=O)[nH]c(=O)n2Cc2cc(F)nc(F)c2)c1. The van der Waals surface area contributed by atoms with Crippen LogP contribution < -0.4 is 11.2 Å². The number of hydrogen-bond donors (Lipinski definition) is 1. The molecule has 170 valence electrons. The van der Waals surface area contributed by atoms with E-state index >= 15 is 0 Å². The van der Waals surface area contributed by atoms with Crippen LogP contribution in [0.4, 0.5) is 8.78 Å². The smallest absolute Gasteiger partial charge is 0.287 e. The average Bonchev–Trinajstić information content (AvgIpc) is 2.72. The number of nitrogens with one attached hydrogen (secondary N) is 1. The molecule has 0 unspecified atom stereocenters. The van der Waals surface area contributed by atoms with Crippen LogP contribution in [0, 0.1) is 30.2 Å². The maximum absolute atomic E-state index is 13.7. The molecule has 1 N–H and O–H groups in total. The monoisotopic (exact) mass is 452 g/mol. The first kappa shape index (κ1) is 23.7. The van der Waals surface area contributed by atoms with E-state index in [0.29, 0.717) is 6.42 Å². The first-order valence-electron chi connectivity index (χ1n) is 10.3. The summed E-state index contributed by atoms with van der Waals surface area (Å²) in [5, 5.41) is 8.88. The lowest BCUT2D eigenvalue weighted by Crippen LogP contribution is -2.38. The fraction of sp³-hybridized carbons (Fsp3) is 0.292. The van der Waals surface area contributed by atoms with Gasteiger partial charge < -0.3 is 0 Å². The Kier molecular flexibility index (Phi) is 6.97. The van der Waals surface area contributed by atoms with E-state index in [9.17, 15) is 23.2 Å². The number of carbonyl (C=O) groups excluding carboxylic acids is 1. The van der Waals surface area contributed by atoms with Crippen molar-refractivity contribution in [2.75, 3.05) is 0 Å². The third-order valence-corrected chi connectivity index (χ3v) is 5.12. The number of benzene rings is 1. The van der Waals surface area contributed by atoms with Crippen molar-refractivity contribution in [3.05, 3.63) is 96.6 Å². The number of nitriles is 1. The molecule has 3 rings (SSSR count). The molecular weight excluding hydrogens is 430 g/mol. The summed E-state index contributed by atoms with van der Waals surface area (Å²) >= 11 is 0. The largest absolute Gasteiger partial charge is 0.329 e. The van der Waals surface area contributed by atoms with Crippen molar-refractivity contribution in [1.29, 1.82) is 5.26 Å². The minimum Gasteiger partial charge on any atom is -0.287 e. The number of aryl methyl sites for hydroxylation is 2. The molecule has 0 aliphatic rings. The molecule has 3 aromatic rings.